The van der Waals surface area contributed by atoms with E-state index in [2.05, 4.69) is 20.3 Å². The molecule has 0 aromatic carbocycles. The van der Waals surface area contributed by atoms with Crippen molar-refractivity contribution in [3.8, 4) is 0 Å². The number of nitrogens with zero attached hydrogens (tertiary/aromatic N) is 3. The number of aryl methyl sites for hydroxylation is 2. The molecule has 0 atom stereocenters. The standard InChI is InChI=1S/C13H13ClN4OS/c1-3-8-5-15-10(19-8)6-16-11-9-4-7(2)20-12(9)18-13(14)17-11/h4-5H,3,6H2,1-2H3,(H,16,17,18). The fraction of sp³-hybridized carbons (Fsp3) is 0.308. The van der Waals surface area contributed by atoms with E-state index in [1.165, 1.54) is 4.88 Å². The summed E-state index contributed by atoms with van der Waals surface area (Å²) in [5, 5.41) is 4.42. The number of hydrogen-bond donors (Lipinski definition) is 1. The van der Waals surface area contributed by atoms with Gasteiger partial charge >= 0.3 is 0 Å². The van der Waals surface area contributed by atoms with Gasteiger partial charge in [-0.05, 0) is 24.6 Å². The number of rotatable bonds is 4. The fourth-order valence-electron chi connectivity index (χ4n) is 1.90. The molecule has 0 saturated carbocycles. The number of oxazole rings is 1. The first-order valence-corrected chi connectivity index (χ1v) is 7.46. The Labute approximate surface area is 125 Å². The van der Waals surface area contributed by atoms with Crippen LogP contribution in [0.4, 0.5) is 5.82 Å². The van der Waals surface area contributed by atoms with E-state index in [9.17, 15) is 0 Å². The minimum atomic E-state index is 0.239. The van der Waals surface area contributed by atoms with E-state index in [0.29, 0.717) is 18.3 Å². The second-order valence-corrected chi connectivity index (χ2v) is 5.92. The van der Waals surface area contributed by atoms with Crippen LogP contribution in [0.2, 0.25) is 5.28 Å². The molecule has 20 heavy (non-hydrogen) atoms. The maximum atomic E-state index is 5.95. The maximum absolute atomic E-state index is 5.95. The molecule has 0 amide bonds. The Morgan fingerprint density at radius 2 is 2.25 bits per heavy atom. The number of thiophene rings is 1. The van der Waals surface area contributed by atoms with Crippen molar-refractivity contribution >= 4 is 39.0 Å². The first kappa shape index (κ1) is 13.3. The molecular weight excluding hydrogens is 296 g/mol. The minimum Gasteiger partial charge on any atom is -0.444 e. The summed E-state index contributed by atoms with van der Waals surface area (Å²) in [5.41, 5.74) is 0. The van der Waals surface area contributed by atoms with E-state index in [-0.39, 0.29) is 5.28 Å². The van der Waals surface area contributed by atoms with Gasteiger partial charge in [0.25, 0.3) is 0 Å². The molecule has 3 heterocycles. The molecule has 0 fully saturated rings. The molecule has 3 aromatic heterocycles. The van der Waals surface area contributed by atoms with Crippen molar-refractivity contribution in [2.45, 2.75) is 26.8 Å². The van der Waals surface area contributed by atoms with Crippen LogP contribution in [0.5, 0.6) is 0 Å². The summed E-state index contributed by atoms with van der Waals surface area (Å²) in [7, 11) is 0. The van der Waals surface area contributed by atoms with Gasteiger partial charge in [0.05, 0.1) is 18.1 Å². The van der Waals surface area contributed by atoms with Gasteiger partial charge in [0, 0.05) is 11.3 Å². The minimum absolute atomic E-state index is 0.239. The van der Waals surface area contributed by atoms with Crippen LogP contribution in [0.15, 0.2) is 16.7 Å². The van der Waals surface area contributed by atoms with Crippen molar-refractivity contribution in [3.05, 3.63) is 34.1 Å². The van der Waals surface area contributed by atoms with Crippen molar-refractivity contribution < 1.29 is 4.42 Å². The van der Waals surface area contributed by atoms with Crippen LogP contribution in [0, 0.1) is 6.92 Å². The van der Waals surface area contributed by atoms with Gasteiger partial charge in [0.2, 0.25) is 11.2 Å². The molecule has 0 spiro atoms. The smallest absolute Gasteiger partial charge is 0.225 e. The predicted molar refractivity (Wildman–Crippen MR) is 80.4 cm³/mol. The number of fused-ring (bicyclic) bond motifs is 1. The van der Waals surface area contributed by atoms with Crippen LogP contribution >= 0.6 is 22.9 Å². The van der Waals surface area contributed by atoms with Crippen LogP contribution in [-0.2, 0) is 13.0 Å². The van der Waals surface area contributed by atoms with Gasteiger partial charge in [0.15, 0.2) is 0 Å². The number of halogens is 1. The summed E-state index contributed by atoms with van der Waals surface area (Å²) in [6.07, 6.45) is 2.58. The zero-order valence-electron chi connectivity index (χ0n) is 11.1. The number of nitrogens with one attached hydrogen (secondary N) is 1. The Bertz CT molecular complexity index is 752. The average molecular weight is 309 g/mol. The van der Waals surface area contributed by atoms with Crippen molar-refractivity contribution in [2.75, 3.05) is 5.32 Å². The zero-order valence-corrected chi connectivity index (χ0v) is 12.7. The molecular formula is C13H13ClN4OS. The van der Waals surface area contributed by atoms with Crippen molar-refractivity contribution in [1.29, 1.82) is 0 Å². The summed E-state index contributed by atoms with van der Waals surface area (Å²) in [4.78, 5) is 14.7. The Balaban J connectivity index is 1.86. The third-order valence-electron chi connectivity index (χ3n) is 2.85. The van der Waals surface area contributed by atoms with Crippen molar-refractivity contribution in [2.24, 2.45) is 0 Å². The van der Waals surface area contributed by atoms with E-state index in [1.807, 2.05) is 19.9 Å². The molecule has 0 saturated heterocycles. The largest absolute Gasteiger partial charge is 0.444 e. The Kier molecular flexibility index (Phi) is 3.58. The van der Waals surface area contributed by atoms with E-state index in [0.717, 1.165) is 22.4 Å². The number of hydrogen-bond acceptors (Lipinski definition) is 6. The molecule has 1 N–H and O–H groups in total. The molecule has 3 aromatic rings. The topological polar surface area (TPSA) is 63.8 Å². The molecule has 5 nitrogen and oxygen atoms in total. The third kappa shape index (κ3) is 2.62. The first-order valence-electron chi connectivity index (χ1n) is 6.27. The van der Waals surface area contributed by atoms with Gasteiger partial charge in [0.1, 0.15) is 16.4 Å². The van der Waals surface area contributed by atoms with Crippen LogP contribution in [-0.4, -0.2) is 15.0 Å². The molecule has 104 valence electrons. The van der Waals surface area contributed by atoms with Gasteiger partial charge in [-0.2, -0.15) is 0 Å². The second-order valence-electron chi connectivity index (χ2n) is 4.34. The molecule has 0 aliphatic heterocycles. The second kappa shape index (κ2) is 5.38. The lowest BCUT2D eigenvalue weighted by Gasteiger charge is -2.04. The molecule has 0 radical (unpaired) electrons. The summed E-state index contributed by atoms with van der Waals surface area (Å²) < 4.78 is 5.55. The molecule has 0 unspecified atom stereocenters. The molecule has 3 rings (SSSR count). The van der Waals surface area contributed by atoms with Gasteiger partial charge in [-0.15, -0.1) is 11.3 Å². The average Bonchev–Trinajstić information content (AvgIpc) is 3.01. The van der Waals surface area contributed by atoms with E-state index >= 15 is 0 Å². The van der Waals surface area contributed by atoms with Crippen molar-refractivity contribution in [3.63, 3.8) is 0 Å². The summed E-state index contributed by atoms with van der Waals surface area (Å²) in [5.74, 6) is 2.22. The van der Waals surface area contributed by atoms with Crippen LogP contribution in [0.3, 0.4) is 0 Å². The lowest BCUT2D eigenvalue weighted by molar-refractivity contribution is 0.465. The highest BCUT2D eigenvalue weighted by Crippen LogP contribution is 2.29. The number of anilines is 1. The van der Waals surface area contributed by atoms with E-state index < -0.39 is 0 Å². The lowest BCUT2D eigenvalue weighted by Crippen LogP contribution is -2.02. The maximum Gasteiger partial charge on any atom is 0.225 e. The predicted octanol–water partition coefficient (Wildman–Crippen LogP) is 3.82. The zero-order chi connectivity index (χ0) is 14.1. The SMILES string of the molecule is CCc1cnc(CNc2nc(Cl)nc3sc(C)cc23)o1. The van der Waals surface area contributed by atoms with Gasteiger partial charge < -0.3 is 9.73 Å². The molecule has 0 bridgehead atoms. The van der Waals surface area contributed by atoms with Gasteiger partial charge in [-0.1, -0.05) is 6.92 Å². The van der Waals surface area contributed by atoms with Gasteiger partial charge in [-0.25, -0.2) is 15.0 Å². The van der Waals surface area contributed by atoms with Crippen LogP contribution < -0.4 is 5.32 Å². The first-order chi connectivity index (χ1) is 9.65. The summed E-state index contributed by atoms with van der Waals surface area (Å²) in [6.45, 7) is 4.53. The summed E-state index contributed by atoms with van der Waals surface area (Å²) >= 11 is 7.54. The lowest BCUT2D eigenvalue weighted by atomic mass is 10.3. The highest BCUT2D eigenvalue weighted by Gasteiger charge is 2.10. The Morgan fingerprint density at radius 3 is 3.00 bits per heavy atom. The van der Waals surface area contributed by atoms with Crippen LogP contribution in [0.25, 0.3) is 10.2 Å². The van der Waals surface area contributed by atoms with Crippen molar-refractivity contribution in [1.82, 2.24) is 15.0 Å². The Morgan fingerprint density at radius 1 is 1.40 bits per heavy atom. The quantitative estimate of drug-likeness (QED) is 0.742. The normalized spacial score (nSPS) is 11.2. The van der Waals surface area contributed by atoms with Crippen LogP contribution in [0.1, 0.15) is 23.5 Å². The monoisotopic (exact) mass is 308 g/mol. The Hall–Kier alpha value is -1.66. The molecule has 0 aliphatic rings. The highest BCUT2D eigenvalue weighted by atomic mass is 35.5. The molecule has 0 aliphatic carbocycles. The highest BCUT2D eigenvalue weighted by molar-refractivity contribution is 7.18. The summed E-state index contributed by atoms with van der Waals surface area (Å²) in [6, 6.07) is 2.05. The van der Waals surface area contributed by atoms with Gasteiger partial charge in [-0.3, -0.25) is 0 Å². The van der Waals surface area contributed by atoms with E-state index in [1.54, 1.807) is 17.5 Å². The van der Waals surface area contributed by atoms with E-state index in [4.69, 9.17) is 16.0 Å². The number of aromatic nitrogens is 3. The third-order valence-corrected chi connectivity index (χ3v) is 3.96. The fourth-order valence-corrected chi connectivity index (χ4v) is 3.00. The molecule has 7 heteroatoms.